The van der Waals surface area contributed by atoms with E-state index in [1.165, 1.54) is 5.56 Å². The smallest absolute Gasteiger partial charge is 0.133 e. The molecule has 0 bridgehead atoms. The topological polar surface area (TPSA) is 27.7 Å². The minimum atomic E-state index is 0.538. The second-order valence-electron chi connectivity index (χ2n) is 3.35. The van der Waals surface area contributed by atoms with Crippen LogP contribution in [-0.4, -0.2) is 33.5 Å². The molecule has 1 rings (SSSR count). The number of benzene rings is 1. The quantitative estimate of drug-likeness (QED) is 0.520. The summed E-state index contributed by atoms with van der Waals surface area (Å²) in [4.78, 5) is 0. The second kappa shape index (κ2) is 8.91. The van der Waals surface area contributed by atoms with Crippen molar-refractivity contribution in [3.05, 3.63) is 28.2 Å². The van der Waals surface area contributed by atoms with Gasteiger partial charge in [0.1, 0.15) is 12.4 Å². The minimum Gasteiger partial charge on any atom is -0.490 e. The summed E-state index contributed by atoms with van der Waals surface area (Å²) < 4.78 is 16.7. The average molecular weight is 368 g/mol. The highest BCUT2D eigenvalue weighted by atomic mass is 79.9. The van der Waals surface area contributed by atoms with E-state index in [1.54, 1.807) is 7.11 Å². The van der Waals surface area contributed by atoms with Crippen LogP contribution in [0.1, 0.15) is 5.56 Å². The fourth-order valence-electron chi connectivity index (χ4n) is 1.20. The SMILES string of the molecule is COCCOCCOc1ccc(CBr)cc1Br. The van der Waals surface area contributed by atoms with Gasteiger partial charge in [-0.3, -0.25) is 0 Å². The number of hydrogen-bond donors (Lipinski definition) is 0. The molecule has 0 aliphatic heterocycles. The number of alkyl halides is 1. The zero-order valence-electron chi connectivity index (χ0n) is 9.75. The van der Waals surface area contributed by atoms with Crippen LogP contribution >= 0.6 is 31.9 Å². The maximum Gasteiger partial charge on any atom is 0.133 e. The summed E-state index contributed by atoms with van der Waals surface area (Å²) in [5.41, 5.74) is 1.21. The van der Waals surface area contributed by atoms with Gasteiger partial charge in [0.15, 0.2) is 0 Å². The van der Waals surface area contributed by atoms with Gasteiger partial charge in [0.25, 0.3) is 0 Å². The summed E-state index contributed by atoms with van der Waals surface area (Å²) in [6, 6.07) is 6.02. The molecule has 0 fully saturated rings. The standard InChI is InChI=1S/C12H16Br2O3/c1-15-4-5-16-6-7-17-12-3-2-10(9-13)8-11(12)14/h2-3,8H,4-7,9H2,1H3. The molecule has 0 amide bonds. The van der Waals surface area contributed by atoms with Crippen LogP contribution in [0.3, 0.4) is 0 Å². The van der Waals surface area contributed by atoms with Crippen LogP contribution < -0.4 is 4.74 Å². The molecule has 0 saturated carbocycles. The lowest BCUT2D eigenvalue weighted by Gasteiger charge is -2.09. The lowest BCUT2D eigenvalue weighted by molar-refractivity contribution is 0.0543. The molecule has 0 spiro atoms. The van der Waals surface area contributed by atoms with E-state index < -0.39 is 0 Å². The predicted octanol–water partition coefficient (Wildman–Crippen LogP) is 3.39. The zero-order valence-corrected chi connectivity index (χ0v) is 12.9. The van der Waals surface area contributed by atoms with E-state index in [1.807, 2.05) is 18.2 Å². The average Bonchev–Trinajstić information content (AvgIpc) is 2.35. The highest BCUT2D eigenvalue weighted by Crippen LogP contribution is 2.26. The van der Waals surface area contributed by atoms with E-state index >= 15 is 0 Å². The zero-order chi connectivity index (χ0) is 12.5. The lowest BCUT2D eigenvalue weighted by atomic mass is 10.2. The van der Waals surface area contributed by atoms with Crippen LogP contribution in [-0.2, 0) is 14.8 Å². The van der Waals surface area contributed by atoms with Gasteiger partial charge in [0, 0.05) is 12.4 Å². The Morgan fingerprint density at radius 3 is 2.53 bits per heavy atom. The van der Waals surface area contributed by atoms with Crippen LogP contribution in [0.2, 0.25) is 0 Å². The van der Waals surface area contributed by atoms with Gasteiger partial charge in [0.05, 0.1) is 24.3 Å². The predicted molar refractivity (Wildman–Crippen MR) is 75.0 cm³/mol. The van der Waals surface area contributed by atoms with E-state index in [0.29, 0.717) is 26.4 Å². The van der Waals surface area contributed by atoms with Crippen LogP contribution in [0.5, 0.6) is 5.75 Å². The number of halogens is 2. The Bertz CT molecular complexity index is 332. The van der Waals surface area contributed by atoms with Crippen molar-refractivity contribution in [3.63, 3.8) is 0 Å². The van der Waals surface area contributed by atoms with Gasteiger partial charge in [0.2, 0.25) is 0 Å². The maximum atomic E-state index is 5.59. The Balaban J connectivity index is 2.27. The summed E-state index contributed by atoms with van der Waals surface area (Å²) >= 11 is 6.89. The van der Waals surface area contributed by atoms with Crippen molar-refractivity contribution in [3.8, 4) is 5.75 Å². The molecule has 1 aromatic carbocycles. The third-order valence-electron chi connectivity index (χ3n) is 2.07. The van der Waals surface area contributed by atoms with Crippen molar-refractivity contribution < 1.29 is 14.2 Å². The van der Waals surface area contributed by atoms with Crippen molar-refractivity contribution in [2.45, 2.75) is 5.33 Å². The van der Waals surface area contributed by atoms with Gasteiger partial charge in [-0.2, -0.15) is 0 Å². The number of ether oxygens (including phenoxy) is 3. The van der Waals surface area contributed by atoms with E-state index in [2.05, 4.69) is 31.9 Å². The van der Waals surface area contributed by atoms with Gasteiger partial charge in [-0.25, -0.2) is 0 Å². The van der Waals surface area contributed by atoms with Gasteiger partial charge in [-0.15, -0.1) is 0 Å². The van der Waals surface area contributed by atoms with E-state index in [0.717, 1.165) is 15.6 Å². The Labute approximate surface area is 119 Å². The highest BCUT2D eigenvalue weighted by Gasteiger charge is 2.02. The first-order valence-corrected chi connectivity index (χ1v) is 7.23. The van der Waals surface area contributed by atoms with Crippen LogP contribution in [0.25, 0.3) is 0 Å². The van der Waals surface area contributed by atoms with Crippen molar-refractivity contribution >= 4 is 31.9 Å². The van der Waals surface area contributed by atoms with Crippen LogP contribution in [0.4, 0.5) is 0 Å². The lowest BCUT2D eigenvalue weighted by Crippen LogP contribution is -2.10. The minimum absolute atomic E-state index is 0.538. The third-order valence-corrected chi connectivity index (χ3v) is 3.33. The van der Waals surface area contributed by atoms with E-state index in [-0.39, 0.29) is 0 Å². The monoisotopic (exact) mass is 366 g/mol. The molecule has 0 unspecified atom stereocenters. The van der Waals surface area contributed by atoms with Gasteiger partial charge >= 0.3 is 0 Å². The van der Waals surface area contributed by atoms with Crippen molar-refractivity contribution in [2.24, 2.45) is 0 Å². The summed E-state index contributed by atoms with van der Waals surface area (Å²) in [7, 11) is 1.66. The molecule has 1 aromatic rings. The number of hydrogen-bond acceptors (Lipinski definition) is 3. The fourth-order valence-corrected chi connectivity index (χ4v) is 2.09. The Morgan fingerprint density at radius 2 is 1.88 bits per heavy atom. The molecule has 0 saturated heterocycles. The van der Waals surface area contributed by atoms with Crippen molar-refractivity contribution in [1.82, 2.24) is 0 Å². The molecule has 0 radical (unpaired) electrons. The molecular formula is C12H16Br2O3. The Kier molecular flexibility index (Phi) is 7.84. The normalized spacial score (nSPS) is 10.5. The molecule has 96 valence electrons. The summed E-state index contributed by atoms with van der Waals surface area (Å²) in [5, 5.41) is 0.839. The Hall–Kier alpha value is -0.100. The maximum absolute atomic E-state index is 5.59. The van der Waals surface area contributed by atoms with Crippen molar-refractivity contribution in [1.29, 1.82) is 0 Å². The molecule has 5 heteroatoms. The van der Waals surface area contributed by atoms with Gasteiger partial charge in [-0.1, -0.05) is 22.0 Å². The van der Waals surface area contributed by atoms with Crippen molar-refractivity contribution in [2.75, 3.05) is 33.5 Å². The van der Waals surface area contributed by atoms with Crippen LogP contribution in [0.15, 0.2) is 22.7 Å². The molecular weight excluding hydrogens is 352 g/mol. The third kappa shape index (κ3) is 5.86. The molecule has 0 aliphatic rings. The summed E-state index contributed by atoms with van der Waals surface area (Å²) in [5.74, 6) is 0.838. The highest BCUT2D eigenvalue weighted by molar-refractivity contribution is 9.10. The van der Waals surface area contributed by atoms with E-state index in [4.69, 9.17) is 14.2 Å². The molecule has 17 heavy (non-hydrogen) atoms. The first-order valence-electron chi connectivity index (χ1n) is 5.31. The molecule has 0 N–H and O–H groups in total. The Morgan fingerprint density at radius 1 is 1.12 bits per heavy atom. The summed E-state index contributed by atoms with van der Waals surface area (Å²) in [6.07, 6.45) is 0. The number of methoxy groups -OCH3 is 1. The van der Waals surface area contributed by atoms with Gasteiger partial charge < -0.3 is 14.2 Å². The molecule has 0 aromatic heterocycles. The summed E-state index contributed by atoms with van der Waals surface area (Å²) in [6.45, 7) is 2.32. The first kappa shape index (κ1) is 15.0. The largest absolute Gasteiger partial charge is 0.490 e. The van der Waals surface area contributed by atoms with Gasteiger partial charge in [-0.05, 0) is 33.6 Å². The first-order chi connectivity index (χ1) is 8.27. The molecule has 0 aliphatic carbocycles. The molecule has 3 nitrogen and oxygen atoms in total. The molecule has 0 atom stereocenters. The van der Waals surface area contributed by atoms with Crippen LogP contribution in [0, 0.1) is 0 Å². The second-order valence-corrected chi connectivity index (χ2v) is 4.77. The molecule has 0 heterocycles. The fraction of sp³-hybridized carbons (Fsp3) is 0.500. The van der Waals surface area contributed by atoms with E-state index in [9.17, 15) is 0 Å². The number of rotatable bonds is 8.